The molecular weight excluding hydrogens is 269 g/mol. The van der Waals surface area contributed by atoms with Crippen LogP contribution in [0.25, 0.3) is 6.08 Å². The second kappa shape index (κ2) is 7.93. The quantitative estimate of drug-likeness (QED) is 0.778. The first-order valence-corrected chi connectivity index (χ1v) is 7.23. The third-order valence-corrected chi connectivity index (χ3v) is 3.22. The molecule has 0 aliphatic heterocycles. The lowest BCUT2D eigenvalue weighted by atomic mass is 10.0. The fourth-order valence-electron chi connectivity index (χ4n) is 2.17. The van der Waals surface area contributed by atoms with Gasteiger partial charge in [-0.05, 0) is 49.1 Å². The maximum Gasteiger partial charge on any atom is 0.328 e. The lowest BCUT2D eigenvalue weighted by molar-refractivity contribution is -0.131. The van der Waals surface area contributed by atoms with E-state index in [0.29, 0.717) is 24.1 Å². The van der Waals surface area contributed by atoms with Gasteiger partial charge >= 0.3 is 5.97 Å². The molecule has 0 aromatic heterocycles. The van der Waals surface area contributed by atoms with Crippen LogP contribution in [-0.4, -0.2) is 28.6 Å². The van der Waals surface area contributed by atoms with E-state index in [1.54, 1.807) is 6.07 Å². The third kappa shape index (κ3) is 6.08. The number of halogens is 1. The van der Waals surface area contributed by atoms with Gasteiger partial charge in [0.25, 0.3) is 0 Å². The first-order valence-electron chi connectivity index (χ1n) is 7.23. The molecule has 0 atom stereocenters. The Kier molecular flexibility index (Phi) is 6.56. The highest BCUT2D eigenvalue weighted by Crippen LogP contribution is 2.18. The van der Waals surface area contributed by atoms with E-state index in [1.165, 1.54) is 18.2 Å². The molecule has 0 spiro atoms. The van der Waals surface area contributed by atoms with Crippen molar-refractivity contribution >= 4 is 12.0 Å². The third-order valence-electron chi connectivity index (χ3n) is 3.22. The minimum atomic E-state index is -1.03. The lowest BCUT2D eigenvalue weighted by Gasteiger charge is -2.29. The normalized spacial score (nSPS) is 12.0. The lowest BCUT2D eigenvalue weighted by Crippen LogP contribution is -2.33. The molecule has 4 heteroatoms. The van der Waals surface area contributed by atoms with Gasteiger partial charge in [0.15, 0.2) is 0 Å². The van der Waals surface area contributed by atoms with Crippen molar-refractivity contribution in [3.8, 4) is 0 Å². The highest BCUT2D eigenvalue weighted by atomic mass is 19.1. The Hall–Kier alpha value is -1.68. The molecule has 0 heterocycles. The summed E-state index contributed by atoms with van der Waals surface area (Å²) >= 11 is 0. The standard InChI is InChI=1S/C17H24FNO2/c1-12(2)10-19(13(3)4)11-15-5-7-16(18)9-14(15)6-8-17(20)21/h5-9,12-13H,10-11H2,1-4H3,(H,20,21). The summed E-state index contributed by atoms with van der Waals surface area (Å²) < 4.78 is 13.4. The van der Waals surface area contributed by atoms with Crippen LogP contribution in [0.5, 0.6) is 0 Å². The number of carbonyl (C=O) groups is 1. The molecule has 0 radical (unpaired) electrons. The molecular formula is C17H24FNO2. The van der Waals surface area contributed by atoms with Crippen LogP contribution in [-0.2, 0) is 11.3 Å². The molecule has 116 valence electrons. The number of hydrogen-bond donors (Lipinski definition) is 1. The van der Waals surface area contributed by atoms with E-state index in [4.69, 9.17) is 5.11 Å². The van der Waals surface area contributed by atoms with Crippen molar-refractivity contribution < 1.29 is 14.3 Å². The van der Waals surface area contributed by atoms with Crippen LogP contribution >= 0.6 is 0 Å². The van der Waals surface area contributed by atoms with E-state index in [1.807, 2.05) is 0 Å². The van der Waals surface area contributed by atoms with E-state index in [2.05, 4.69) is 32.6 Å². The van der Waals surface area contributed by atoms with Crippen LogP contribution in [0.15, 0.2) is 24.3 Å². The van der Waals surface area contributed by atoms with E-state index < -0.39 is 5.97 Å². The van der Waals surface area contributed by atoms with Crippen molar-refractivity contribution in [1.82, 2.24) is 4.90 Å². The van der Waals surface area contributed by atoms with Crippen molar-refractivity contribution in [3.63, 3.8) is 0 Å². The molecule has 21 heavy (non-hydrogen) atoms. The maximum atomic E-state index is 13.4. The molecule has 1 N–H and O–H groups in total. The number of nitrogens with zero attached hydrogens (tertiary/aromatic N) is 1. The molecule has 0 bridgehead atoms. The first-order chi connectivity index (χ1) is 9.79. The molecule has 3 nitrogen and oxygen atoms in total. The minimum Gasteiger partial charge on any atom is -0.478 e. The van der Waals surface area contributed by atoms with Gasteiger partial charge in [0, 0.05) is 25.2 Å². The minimum absolute atomic E-state index is 0.358. The van der Waals surface area contributed by atoms with Gasteiger partial charge < -0.3 is 5.11 Å². The Bertz CT molecular complexity index is 510. The topological polar surface area (TPSA) is 40.5 Å². The Balaban J connectivity index is 3.02. The first kappa shape index (κ1) is 17.4. The molecule has 0 aliphatic carbocycles. The van der Waals surface area contributed by atoms with Gasteiger partial charge in [-0.1, -0.05) is 19.9 Å². The van der Waals surface area contributed by atoms with Gasteiger partial charge in [0.05, 0.1) is 0 Å². The van der Waals surface area contributed by atoms with Crippen LogP contribution in [0.2, 0.25) is 0 Å². The number of carboxylic acids is 1. The molecule has 0 fully saturated rings. The second-order valence-electron chi connectivity index (χ2n) is 5.93. The van der Waals surface area contributed by atoms with E-state index in [-0.39, 0.29) is 5.82 Å². The predicted octanol–water partition coefficient (Wildman–Crippen LogP) is 3.79. The second-order valence-corrected chi connectivity index (χ2v) is 5.93. The van der Waals surface area contributed by atoms with E-state index in [9.17, 15) is 9.18 Å². The number of benzene rings is 1. The van der Waals surface area contributed by atoms with Gasteiger partial charge in [-0.15, -0.1) is 0 Å². The number of aliphatic carboxylic acids is 1. The van der Waals surface area contributed by atoms with E-state index >= 15 is 0 Å². The maximum absolute atomic E-state index is 13.4. The molecule has 0 amide bonds. The molecule has 0 aliphatic rings. The van der Waals surface area contributed by atoms with Gasteiger partial charge in [0.1, 0.15) is 5.82 Å². The van der Waals surface area contributed by atoms with E-state index in [0.717, 1.165) is 18.2 Å². The molecule has 0 saturated heterocycles. The van der Waals surface area contributed by atoms with Gasteiger partial charge in [-0.3, -0.25) is 4.90 Å². The summed E-state index contributed by atoms with van der Waals surface area (Å²) in [5, 5.41) is 8.73. The average Bonchev–Trinajstić information content (AvgIpc) is 2.37. The Morgan fingerprint density at radius 3 is 2.52 bits per heavy atom. The fraction of sp³-hybridized carbons (Fsp3) is 0.471. The predicted molar refractivity (Wildman–Crippen MR) is 83.5 cm³/mol. The van der Waals surface area contributed by atoms with Crippen molar-refractivity contribution in [2.75, 3.05) is 6.54 Å². The SMILES string of the molecule is CC(C)CN(Cc1ccc(F)cc1C=CC(=O)O)C(C)C. The number of rotatable bonds is 7. The van der Waals surface area contributed by atoms with Crippen molar-refractivity contribution in [1.29, 1.82) is 0 Å². The average molecular weight is 293 g/mol. The van der Waals surface area contributed by atoms with Crippen LogP contribution in [0.4, 0.5) is 4.39 Å². The summed E-state index contributed by atoms with van der Waals surface area (Å²) in [6, 6.07) is 4.89. The van der Waals surface area contributed by atoms with Crippen LogP contribution in [0.1, 0.15) is 38.8 Å². The van der Waals surface area contributed by atoms with Crippen LogP contribution < -0.4 is 0 Å². The van der Waals surface area contributed by atoms with Crippen molar-refractivity contribution in [3.05, 3.63) is 41.2 Å². The monoisotopic (exact) mass is 293 g/mol. The summed E-state index contributed by atoms with van der Waals surface area (Å²) in [7, 11) is 0. The summed E-state index contributed by atoms with van der Waals surface area (Å²) in [4.78, 5) is 13.0. The van der Waals surface area contributed by atoms with Gasteiger partial charge in [-0.2, -0.15) is 0 Å². The molecule has 0 unspecified atom stereocenters. The zero-order valence-corrected chi connectivity index (χ0v) is 13.1. The zero-order valence-electron chi connectivity index (χ0n) is 13.1. The Labute approximate surface area is 126 Å². The molecule has 1 aromatic carbocycles. The van der Waals surface area contributed by atoms with Crippen molar-refractivity contribution in [2.24, 2.45) is 5.92 Å². The van der Waals surface area contributed by atoms with Gasteiger partial charge in [0.2, 0.25) is 0 Å². The summed E-state index contributed by atoms with van der Waals surface area (Å²) in [6.07, 6.45) is 2.50. The Morgan fingerprint density at radius 2 is 2.00 bits per heavy atom. The molecule has 1 rings (SSSR count). The Morgan fingerprint density at radius 1 is 1.33 bits per heavy atom. The fourth-order valence-corrected chi connectivity index (χ4v) is 2.17. The van der Waals surface area contributed by atoms with Crippen LogP contribution in [0.3, 0.4) is 0 Å². The van der Waals surface area contributed by atoms with Crippen molar-refractivity contribution in [2.45, 2.75) is 40.3 Å². The number of carboxylic acid groups (broad SMARTS) is 1. The highest BCUT2D eigenvalue weighted by molar-refractivity contribution is 5.85. The highest BCUT2D eigenvalue weighted by Gasteiger charge is 2.13. The molecule has 0 saturated carbocycles. The molecule has 1 aromatic rings. The number of hydrogen-bond acceptors (Lipinski definition) is 2. The van der Waals surface area contributed by atoms with Crippen LogP contribution in [0, 0.1) is 11.7 Å². The smallest absolute Gasteiger partial charge is 0.328 e. The van der Waals surface area contributed by atoms with Gasteiger partial charge in [-0.25, -0.2) is 9.18 Å². The zero-order chi connectivity index (χ0) is 16.0. The largest absolute Gasteiger partial charge is 0.478 e. The summed E-state index contributed by atoms with van der Waals surface area (Å²) in [5.74, 6) is -0.859. The summed E-state index contributed by atoms with van der Waals surface area (Å²) in [5.41, 5.74) is 1.55. The summed E-state index contributed by atoms with van der Waals surface area (Å²) in [6.45, 7) is 10.2.